The van der Waals surface area contributed by atoms with Gasteiger partial charge in [-0.2, -0.15) is 0 Å². The molecule has 0 spiro atoms. The van der Waals surface area contributed by atoms with Gasteiger partial charge < -0.3 is 5.11 Å². The second kappa shape index (κ2) is 3.56. The van der Waals surface area contributed by atoms with Gasteiger partial charge in [0.25, 0.3) is 0 Å². The summed E-state index contributed by atoms with van der Waals surface area (Å²) >= 11 is 15.2. The van der Waals surface area contributed by atoms with Crippen molar-refractivity contribution in [2.75, 3.05) is 0 Å². The summed E-state index contributed by atoms with van der Waals surface area (Å²) < 4.78 is 0. The Kier molecular flexibility index (Phi) is 2.88. The number of benzene rings is 1. The monoisotopic (exact) mass is 222 g/mol. The third-order valence-electron chi connectivity index (χ3n) is 1.27. The van der Waals surface area contributed by atoms with Crippen molar-refractivity contribution in [2.24, 2.45) is 0 Å². The molecule has 0 radical (unpaired) electrons. The van der Waals surface area contributed by atoms with Gasteiger partial charge in [0.15, 0.2) is 0 Å². The third-order valence-corrected chi connectivity index (χ3v) is 2.39. The van der Waals surface area contributed by atoms with Crippen LogP contribution >= 0.6 is 35.8 Å². The maximum atomic E-state index is 10.5. The van der Waals surface area contributed by atoms with E-state index in [1.165, 1.54) is 12.1 Å². The Balaban J connectivity index is 3.33. The number of hydrogen-bond acceptors (Lipinski definition) is 2. The van der Waals surface area contributed by atoms with Gasteiger partial charge in [0.1, 0.15) is 0 Å². The number of carboxylic acid groups (broad SMARTS) is 1. The molecule has 0 saturated carbocycles. The number of carbonyl (C=O) groups is 1. The molecule has 0 aromatic heterocycles. The van der Waals surface area contributed by atoms with Crippen LogP contribution in [-0.2, 0) is 0 Å². The van der Waals surface area contributed by atoms with E-state index in [4.69, 9.17) is 28.3 Å². The van der Waals surface area contributed by atoms with Crippen LogP contribution in [0.25, 0.3) is 0 Å². The minimum atomic E-state index is -1.09. The molecule has 1 aromatic rings. The van der Waals surface area contributed by atoms with Gasteiger partial charge >= 0.3 is 5.97 Å². The fraction of sp³-hybridized carbons (Fsp3) is 0. The van der Waals surface area contributed by atoms with Crippen molar-refractivity contribution in [3.05, 3.63) is 27.7 Å². The molecule has 0 atom stereocenters. The molecule has 1 N–H and O–H groups in total. The lowest BCUT2D eigenvalue weighted by atomic mass is 10.2. The van der Waals surface area contributed by atoms with Gasteiger partial charge in [0.2, 0.25) is 0 Å². The van der Waals surface area contributed by atoms with Crippen molar-refractivity contribution in [2.45, 2.75) is 4.90 Å². The highest BCUT2D eigenvalue weighted by Gasteiger charge is 2.10. The van der Waals surface area contributed by atoms with Crippen LogP contribution in [0.3, 0.4) is 0 Å². The maximum Gasteiger partial charge on any atom is 0.337 e. The first-order valence-electron chi connectivity index (χ1n) is 2.93. The second-order valence-electron chi connectivity index (χ2n) is 2.09. The smallest absolute Gasteiger partial charge is 0.337 e. The number of rotatable bonds is 1. The van der Waals surface area contributed by atoms with Crippen molar-refractivity contribution in [3.63, 3.8) is 0 Å². The zero-order valence-corrected chi connectivity index (χ0v) is 8.12. The van der Waals surface area contributed by atoms with Crippen LogP contribution in [0.4, 0.5) is 0 Å². The first kappa shape index (κ1) is 9.71. The molecular formula is C7H4Cl2O2S. The minimum Gasteiger partial charge on any atom is -0.478 e. The lowest BCUT2D eigenvalue weighted by molar-refractivity contribution is 0.0697. The van der Waals surface area contributed by atoms with E-state index in [2.05, 4.69) is 12.6 Å². The van der Waals surface area contributed by atoms with Crippen molar-refractivity contribution >= 4 is 41.8 Å². The standard InChI is InChI=1S/C7H4Cl2O2S/c8-4-2-5(9)6(12)1-3(4)7(10)11/h1-2,12H,(H,10,11). The van der Waals surface area contributed by atoms with Crippen LogP contribution in [0, 0.1) is 0 Å². The maximum absolute atomic E-state index is 10.5. The van der Waals surface area contributed by atoms with Gasteiger partial charge in [-0.15, -0.1) is 12.6 Å². The average molecular weight is 223 g/mol. The largest absolute Gasteiger partial charge is 0.478 e. The van der Waals surface area contributed by atoms with E-state index >= 15 is 0 Å². The van der Waals surface area contributed by atoms with E-state index < -0.39 is 5.97 Å². The topological polar surface area (TPSA) is 37.3 Å². The van der Waals surface area contributed by atoms with Crippen LogP contribution in [0.1, 0.15) is 10.4 Å². The molecule has 1 aromatic carbocycles. The summed E-state index contributed by atoms with van der Waals surface area (Å²) in [7, 11) is 0. The van der Waals surface area contributed by atoms with E-state index in [0.29, 0.717) is 9.92 Å². The van der Waals surface area contributed by atoms with Crippen LogP contribution in [-0.4, -0.2) is 11.1 Å². The summed E-state index contributed by atoms with van der Waals surface area (Å²) in [6.45, 7) is 0. The normalized spacial score (nSPS) is 9.92. The Morgan fingerprint density at radius 3 is 2.42 bits per heavy atom. The molecule has 2 nitrogen and oxygen atoms in total. The highest BCUT2D eigenvalue weighted by molar-refractivity contribution is 7.80. The molecule has 0 fully saturated rings. The highest BCUT2D eigenvalue weighted by Crippen LogP contribution is 2.27. The summed E-state index contributed by atoms with van der Waals surface area (Å²) in [5.41, 5.74) is 0.00562. The fourth-order valence-electron chi connectivity index (χ4n) is 0.701. The Hall–Kier alpha value is -0.380. The molecule has 0 heterocycles. The molecule has 0 aliphatic heterocycles. The minimum absolute atomic E-state index is 0.00562. The Bertz CT molecular complexity index is 338. The molecule has 0 amide bonds. The summed E-state index contributed by atoms with van der Waals surface area (Å²) in [6.07, 6.45) is 0. The summed E-state index contributed by atoms with van der Waals surface area (Å²) in [5, 5.41) is 9.08. The van der Waals surface area contributed by atoms with Crippen LogP contribution in [0.5, 0.6) is 0 Å². The van der Waals surface area contributed by atoms with Gasteiger partial charge in [-0.3, -0.25) is 0 Å². The molecule has 12 heavy (non-hydrogen) atoms. The zero-order valence-electron chi connectivity index (χ0n) is 5.71. The second-order valence-corrected chi connectivity index (χ2v) is 3.38. The SMILES string of the molecule is O=C(O)c1cc(S)c(Cl)cc1Cl. The van der Waals surface area contributed by atoms with Crippen LogP contribution in [0.15, 0.2) is 17.0 Å². The van der Waals surface area contributed by atoms with Crippen molar-refractivity contribution in [3.8, 4) is 0 Å². The zero-order chi connectivity index (χ0) is 9.30. The molecule has 0 saturated heterocycles. The van der Waals surface area contributed by atoms with Gasteiger partial charge in [-0.1, -0.05) is 23.2 Å². The molecule has 0 aliphatic carbocycles. The highest BCUT2D eigenvalue weighted by atomic mass is 35.5. The van der Waals surface area contributed by atoms with Gasteiger partial charge in [-0.25, -0.2) is 4.79 Å². The molecule has 5 heteroatoms. The predicted molar refractivity (Wildman–Crippen MR) is 50.7 cm³/mol. The van der Waals surface area contributed by atoms with E-state index in [0.717, 1.165) is 0 Å². The average Bonchev–Trinajstić information content (AvgIpc) is 1.96. The predicted octanol–water partition coefficient (Wildman–Crippen LogP) is 2.98. The first-order chi connectivity index (χ1) is 5.52. The quantitative estimate of drug-likeness (QED) is 0.718. The fourth-order valence-corrected chi connectivity index (χ4v) is 1.36. The Morgan fingerprint density at radius 1 is 1.33 bits per heavy atom. The number of carboxylic acids is 1. The van der Waals surface area contributed by atoms with E-state index in [1.54, 1.807) is 0 Å². The summed E-state index contributed by atoms with van der Waals surface area (Å²) in [5.74, 6) is -1.09. The number of thiol groups is 1. The lowest BCUT2D eigenvalue weighted by Crippen LogP contribution is -1.97. The third kappa shape index (κ3) is 1.86. The van der Waals surface area contributed by atoms with Gasteiger partial charge in [0, 0.05) is 4.90 Å². The first-order valence-corrected chi connectivity index (χ1v) is 4.14. The summed E-state index contributed by atoms with van der Waals surface area (Å²) in [6, 6.07) is 2.67. The van der Waals surface area contributed by atoms with Gasteiger partial charge in [-0.05, 0) is 12.1 Å². The Morgan fingerprint density at radius 2 is 1.92 bits per heavy atom. The lowest BCUT2D eigenvalue weighted by Gasteiger charge is -2.01. The molecule has 64 valence electrons. The molecule has 0 bridgehead atoms. The Labute approximate surface area is 84.5 Å². The van der Waals surface area contributed by atoms with Crippen molar-refractivity contribution in [1.82, 2.24) is 0 Å². The number of aromatic carboxylic acids is 1. The molecule has 0 unspecified atom stereocenters. The van der Waals surface area contributed by atoms with E-state index in [-0.39, 0.29) is 10.6 Å². The van der Waals surface area contributed by atoms with Crippen LogP contribution < -0.4 is 0 Å². The number of hydrogen-bond donors (Lipinski definition) is 2. The van der Waals surface area contributed by atoms with E-state index in [9.17, 15) is 4.79 Å². The van der Waals surface area contributed by atoms with Gasteiger partial charge in [0.05, 0.1) is 15.6 Å². The molecular weight excluding hydrogens is 219 g/mol. The molecule has 0 aliphatic rings. The molecule has 1 rings (SSSR count). The van der Waals surface area contributed by atoms with Crippen molar-refractivity contribution < 1.29 is 9.90 Å². The van der Waals surface area contributed by atoms with E-state index in [1.807, 2.05) is 0 Å². The number of halogens is 2. The van der Waals surface area contributed by atoms with Crippen LogP contribution in [0.2, 0.25) is 10.0 Å². The van der Waals surface area contributed by atoms with Crippen molar-refractivity contribution in [1.29, 1.82) is 0 Å². The summed E-state index contributed by atoms with van der Waals surface area (Å²) in [4.78, 5) is 10.9.